The molecule has 0 aliphatic heterocycles. The minimum atomic E-state index is -0.600. The fraction of sp³-hybridized carbons (Fsp3) is 0.429. The summed E-state index contributed by atoms with van der Waals surface area (Å²) >= 11 is 1.48. The smallest absolute Gasteiger partial charge is 0.323 e. The average molecular weight is 186 g/mol. The van der Waals surface area contributed by atoms with Gasteiger partial charge in [0.05, 0.1) is 18.3 Å². The summed E-state index contributed by atoms with van der Waals surface area (Å²) in [7, 11) is 1.32. The van der Waals surface area contributed by atoms with Gasteiger partial charge in [0, 0.05) is 11.8 Å². The van der Waals surface area contributed by atoms with E-state index < -0.39 is 12.0 Å². The predicted octanol–water partition coefficient (Wildman–Crippen LogP) is 0.186. The number of nitrogens with two attached hydrogens (primary N) is 1. The molecule has 0 spiro atoms. The summed E-state index contributed by atoms with van der Waals surface area (Å²) in [4.78, 5) is 14.9. The lowest BCUT2D eigenvalue weighted by atomic mass is 10.2. The molecule has 0 aromatic carbocycles. The minimum Gasteiger partial charge on any atom is -0.468 e. The van der Waals surface area contributed by atoms with Crippen molar-refractivity contribution in [2.45, 2.75) is 12.5 Å². The van der Waals surface area contributed by atoms with E-state index in [-0.39, 0.29) is 0 Å². The number of carbonyl (C=O) groups excluding carboxylic acids is 1. The van der Waals surface area contributed by atoms with Gasteiger partial charge in [-0.15, -0.1) is 11.3 Å². The molecule has 0 unspecified atom stereocenters. The first-order valence-corrected chi connectivity index (χ1v) is 4.39. The third-order valence-corrected chi connectivity index (χ3v) is 2.05. The Labute approximate surface area is 74.4 Å². The van der Waals surface area contributed by atoms with Crippen molar-refractivity contribution in [2.24, 2.45) is 5.73 Å². The monoisotopic (exact) mass is 186 g/mol. The number of ether oxygens (including phenoxy) is 1. The number of esters is 1. The largest absolute Gasteiger partial charge is 0.468 e. The highest BCUT2D eigenvalue weighted by Gasteiger charge is 2.14. The molecule has 0 saturated carbocycles. The molecule has 0 saturated heterocycles. The van der Waals surface area contributed by atoms with E-state index in [4.69, 9.17) is 5.73 Å². The highest BCUT2D eigenvalue weighted by Crippen LogP contribution is 2.03. The summed E-state index contributed by atoms with van der Waals surface area (Å²) in [6.07, 6.45) is 0.441. The highest BCUT2D eigenvalue weighted by atomic mass is 32.1. The minimum absolute atomic E-state index is 0.400. The van der Waals surface area contributed by atoms with E-state index in [0.717, 1.165) is 5.69 Å². The van der Waals surface area contributed by atoms with Crippen LogP contribution in [-0.2, 0) is 16.0 Å². The molecule has 1 heterocycles. The topological polar surface area (TPSA) is 65.2 Å². The second-order valence-corrected chi connectivity index (χ2v) is 3.03. The standard InChI is InChI=1S/C7H10N2O2S/c1-11-7(10)6(8)2-5-3-12-4-9-5/h3-4,6H,2,8H2,1H3/t6-/m0/s1. The van der Waals surface area contributed by atoms with Crippen LogP contribution >= 0.6 is 11.3 Å². The zero-order valence-corrected chi connectivity index (χ0v) is 7.50. The van der Waals surface area contributed by atoms with Crippen LogP contribution in [0.15, 0.2) is 10.9 Å². The molecule has 1 aromatic rings. The van der Waals surface area contributed by atoms with Gasteiger partial charge in [0.25, 0.3) is 0 Å². The first-order chi connectivity index (χ1) is 5.74. The van der Waals surface area contributed by atoms with E-state index in [1.165, 1.54) is 18.4 Å². The number of methoxy groups -OCH3 is 1. The van der Waals surface area contributed by atoms with E-state index in [1.807, 2.05) is 5.38 Å². The molecule has 0 fully saturated rings. The van der Waals surface area contributed by atoms with Gasteiger partial charge >= 0.3 is 5.97 Å². The molecule has 0 aliphatic rings. The molecule has 0 aliphatic carbocycles. The van der Waals surface area contributed by atoms with Gasteiger partial charge in [-0.3, -0.25) is 4.79 Å². The molecule has 4 nitrogen and oxygen atoms in total. The molecule has 0 bridgehead atoms. The van der Waals surface area contributed by atoms with Crippen molar-refractivity contribution in [1.82, 2.24) is 4.98 Å². The molecule has 66 valence electrons. The molecular formula is C7H10N2O2S. The van der Waals surface area contributed by atoms with E-state index in [9.17, 15) is 4.79 Å². The zero-order chi connectivity index (χ0) is 8.97. The van der Waals surface area contributed by atoms with Crippen LogP contribution in [0.25, 0.3) is 0 Å². The van der Waals surface area contributed by atoms with Gasteiger partial charge in [-0.25, -0.2) is 4.98 Å². The normalized spacial score (nSPS) is 12.5. The molecule has 12 heavy (non-hydrogen) atoms. The number of aromatic nitrogens is 1. The fourth-order valence-corrected chi connectivity index (χ4v) is 1.37. The summed E-state index contributed by atoms with van der Waals surface area (Å²) in [5.74, 6) is -0.400. The molecule has 0 radical (unpaired) electrons. The maximum atomic E-state index is 10.9. The van der Waals surface area contributed by atoms with Crippen molar-refractivity contribution in [1.29, 1.82) is 0 Å². The predicted molar refractivity (Wildman–Crippen MR) is 45.8 cm³/mol. The maximum absolute atomic E-state index is 10.9. The third-order valence-electron chi connectivity index (χ3n) is 1.42. The quantitative estimate of drug-likeness (QED) is 0.684. The maximum Gasteiger partial charge on any atom is 0.323 e. The van der Waals surface area contributed by atoms with Gasteiger partial charge in [-0.2, -0.15) is 0 Å². The number of hydrogen-bond donors (Lipinski definition) is 1. The number of carbonyl (C=O) groups is 1. The zero-order valence-electron chi connectivity index (χ0n) is 6.69. The summed E-state index contributed by atoms with van der Waals surface area (Å²) in [5, 5.41) is 1.86. The second-order valence-electron chi connectivity index (χ2n) is 2.31. The second kappa shape index (κ2) is 4.18. The van der Waals surface area contributed by atoms with E-state index in [2.05, 4.69) is 9.72 Å². The third kappa shape index (κ3) is 2.28. The first kappa shape index (κ1) is 9.15. The summed E-state index contributed by atoms with van der Waals surface area (Å²) < 4.78 is 4.47. The molecule has 5 heteroatoms. The summed E-state index contributed by atoms with van der Waals surface area (Å²) in [6, 6.07) is -0.600. The molecular weight excluding hydrogens is 176 g/mol. The molecule has 0 amide bonds. The van der Waals surface area contributed by atoms with Crippen LogP contribution in [0, 0.1) is 0 Å². The van der Waals surface area contributed by atoms with Gasteiger partial charge in [-0.1, -0.05) is 0 Å². The summed E-state index contributed by atoms with van der Waals surface area (Å²) in [6.45, 7) is 0. The van der Waals surface area contributed by atoms with Crippen molar-refractivity contribution in [3.63, 3.8) is 0 Å². The number of rotatable bonds is 3. The van der Waals surface area contributed by atoms with Gasteiger partial charge in [0.1, 0.15) is 6.04 Å². The molecule has 1 rings (SSSR count). The van der Waals surface area contributed by atoms with E-state index in [0.29, 0.717) is 6.42 Å². The molecule has 2 N–H and O–H groups in total. The highest BCUT2D eigenvalue weighted by molar-refractivity contribution is 7.07. The lowest BCUT2D eigenvalue weighted by Gasteiger charge is -2.05. The Balaban J connectivity index is 2.47. The Morgan fingerprint density at radius 1 is 1.92 bits per heavy atom. The van der Waals surface area contributed by atoms with Crippen molar-refractivity contribution in [3.05, 3.63) is 16.6 Å². The number of hydrogen-bond acceptors (Lipinski definition) is 5. The van der Waals surface area contributed by atoms with Gasteiger partial charge in [0.2, 0.25) is 0 Å². The Bertz CT molecular complexity index is 248. The Morgan fingerprint density at radius 3 is 3.17 bits per heavy atom. The van der Waals surface area contributed by atoms with Crippen molar-refractivity contribution >= 4 is 17.3 Å². The van der Waals surface area contributed by atoms with Crippen LogP contribution in [0.1, 0.15) is 5.69 Å². The number of thiazole rings is 1. The Morgan fingerprint density at radius 2 is 2.67 bits per heavy atom. The SMILES string of the molecule is COC(=O)[C@@H](N)Cc1cscn1. The molecule has 1 aromatic heterocycles. The Kier molecular flexibility index (Phi) is 3.19. The van der Waals surface area contributed by atoms with Crippen LogP contribution in [0.5, 0.6) is 0 Å². The molecule has 1 atom stereocenters. The van der Waals surface area contributed by atoms with Crippen LogP contribution < -0.4 is 5.73 Å². The van der Waals surface area contributed by atoms with Gasteiger partial charge in [0.15, 0.2) is 0 Å². The van der Waals surface area contributed by atoms with E-state index >= 15 is 0 Å². The van der Waals surface area contributed by atoms with Crippen molar-refractivity contribution < 1.29 is 9.53 Å². The lowest BCUT2D eigenvalue weighted by Crippen LogP contribution is -2.33. The van der Waals surface area contributed by atoms with Gasteiger partial charge in [-0.05, 0) is 0 Å². The average Bonchev–Trinajstić information content (AvgIpc) is 2.55. The van der Waals surface area contributed by atoms with E-state index in [1.54, 1.807) is 5.51 Å². The first-order valence-electron chi connectivity index (χ1n) is 3.44. The van der Waals surface area contributed by atoms with Crippen LogP contribution in [0.4, 0.5) is 0 Å². The van der Waals surface area contributed by atoms with Crippen molar-refractivity contribution in [3.8, 4) is 0 Å². The summed E-state index contributed by atoms with van der Waals surface area (Å²) in [5.41, 5.74) is 8.05. The van der Waals surface area contributed by atoms with Gasteiger partial charge < -0.3 is 10.5 Å². The Hall–Kier alpha value is -0.940. The number of nitrogens with zero attached hydrogens (tertiary/aromatic N) is 1. The lowest BCUT2D eigenvalue weighted by molar-refractivity contribution is -0.142. The van der Waals surface area contributed by atoms with Crippen LogP contribution in [0.3, 0.4) is 0 Å². The van der Waals surface area contributed by atoms with Crippen LogP contribution in [-0.4, -0.2) is 24.1 Å². The van der Waals surface area contributed by atoms with Crippen molar-refractivity contribution in [2.75, 3.05) is 7.11 Å². The fourth-order valence-electron chi connectivity index (χ4n) is 0.798. The van der Waals surface area contributed by atoms with Crippen LogP contribution in [0.2, 0.25) is 0 Å².